The first-order chi connectivity index (χ1) is 7.63. The van der Waals surface area contributed by atoms with E-state index in [-0.39, 0.29) is 0 Å². The van der Waals surface area contributed by atoms with Crippen LogP contribution in [-0.4, -0.2) is 9.55 Å². The molecule has 0 aliphatic heterocycles. The van der Waals surface area contributed by atoms with Crippen molar-refractivity contribution in [1.29, 1.82) is 0 Å². The fourth-order valence-corrected chi connectivity index (χ4v) is 1.93. The minimum atomic E-state index is 0.743. The predicted molar refractivity (Wildman–Crippen MR) is 68.3 cm³/mol. The van der Waals surface area contributed by atoms with E-state index in [9.17, 15) is 0 Å². The summed E-state index contributed by atoms with van der Waals surface area (Å²) in [6, 6.07) is 5.91. The van der Waals surface area contributed by atoms with Crippen molar-refractivity contribution in [2.24, 2.45) is 0 Å². The molecule has 3 nitrogen and oxygen atoms in total. The Hall–Kier alpha value is -1.77. The Morgan fingerprint density at radius 2 is 2.25 bits per heavy atom. The van der Waals surface area contributed by atoms with Crippen LogP contribution < -0.4 is 5.73 Å². The average molecular weight is 215 g/mol. The molecule has 2 rings (SSSR count). The Bertz CT molecular complexity index is 537. The summed E-state index contributed by atoms with van der Waals surface area (Å²) < 4.78 is 2.19. The van der Waals surface area contributed by atoms with Gasteiger partial charge in [0.15, 0.2) is 0 Å². The van der Waals surface area contributed by atoms with E-state index in [2.05, 4.69) is 29.1 Å². The number of hydrogen-bond acceptors (Lipinski definition) is 2. The molecule has 0 saturated heterocycles. The third-order valence-electron chi connectivity index (χ3n) is 2.63. The number of rotatable bonds is 3. The van der Waals surface area contributed by atoms with Gasteiger partial charge in [-0.05, 0) is 19.1 Å². The number of nitrogens with two attached hydrogens (primary N) is 1. The lowest BCUT2D eigenvalue weighted by molar-refractivity contribution is 0.744. The van der Waals surface area contributed by atoms with E-state index < -0.39 is 0 Å². The zero-order chi connectivity index (χ0) is 11.7. The summed E-state index contributed by atoms with van der Waals surface area (Å²) in [6.07, 6.45) is 0.904. The molecule has 0 saturated carbocycles. The number of benzene rings is 1. The smallest absolute Gasteiger partial charge is 0.112 e. The van der Waals surface area contributed by atoms with Crippen LogP contribution in [0.3, 0.4) is 0 Å². The van der Waals surface area contributed by atoms with Gasteiger partial charge in [0.25, 0.3) is 0 Å². The summed E-state index contributed by atoms with van der Waals surface area (Å²) in [5.74, 6) is 1.07. The van der Waals surface area contributed by atoms with Crippen LogP contribution in [-0.2, 0) is 13.0 Å². The molecule has 1 aromatic carbocycles. The standard InChI is InChI=1S/C13H17N3/c1-4-12-15-13-10(14)6-5-7-11(13)16(12)8-9(2)3/h5-7H,2,4,8,14H2,1,3H3. The minimum absolute atomic E-state index is 0.743. The zero-order valence-corrected chi connectivity index (χ0v) is 9.83. The minimum Gasteiger partial charge on any atom is -0.397 e. The van der Waals surface area contributed by atoms with Crippen LogP contribution in [0.25, 0.3) is 11.0 Å². The lowest BCUT2D eigenvalue weighted by Gasteiger charge is -2.07. The Kier molecular flexibility index (Phi) is 2.69. The summed E-state index contributed by atoms with van der Waals surface area (Å²) in [5, 5.41) is 0. The van der Waals surface area contributed by atoms with Crippen LogP contribution in [0.5, 0.6) is 0 Å². The molecule has 16 heavy (non-hydrogen) atoms. The largest absolute Gasteiger partial charge is 0.397 e. The van der Waals surface area contributed by atoms with Gasteiger partial charge in [0, 0.05) is 13.0 Å². The molecule has 1 heterocycles. The van der Waals surface area contributed by atoms with Gasteiger partial charge in [-0.3, -0.25) is 0 Å². The van der Waals surface area contributed by atoms with Gasteiger partial charge in [0.1, 0.15) is 11.3 Å². The number of aromatic nitrogens is 2. The summed E-state index contributed by atoms with van der Waals surface area (Å²) in [4.78, 5) is 4.58. The number of hydrogen-bond donors (Lipinski definition) is 1. The number of imidazole rings is 1. The highest BCUT2D eigenvalue weighted by Gasteiger charge is 2.10. The van der Waals surface area contributed by atoms with Gasteiger partial charge in [-0.25, -0.2) is 4.98 Å². The van der Waals surface area contributed by atoms with Crippen molar-refractivity contribution in [3.63, 3.8) is 0 Å². The molecule has 2 aromatic rings. The third kappa shape index (κ3) is 1.69. The Balaban J connectivity index is 2.68. The first-order valence-corrected chi connectivity index (χ1v) is 5.51. The van der Waals surface area contributed by atoms with Crippen LogP contribution in [0, 0.1) is 0 Å². The molecule has 84 valence electrons. The number of nitrogen functional groups attached to an aromatic ring is 1. The van der Waals surface area contributed by atoms with Gasteiger partial charge in [0.2, 0.25) is 0 Å². The molecule has 3 heteroatoms. The molecule has 0 atom stereocenters. The lowest BCUT2D eigenvalue weighted by Crippen LogP contribution is -2.03. The van der Waals surface area contributed by atoms with E-state index in [1.54, 1.807) is 0 Å². The number of allylic oxidation sites excluding steroid dienone is 1. The van der Waals surface area contributed by atoms with E-state index in [0.717, 1.165) is 41.1 Å². The number of nitrogens with zero attached hydrogens (tertiary/aromatic N) is 2. The fourth-order valence-electron chi connectivity index (χ4n) is 1.93. The van der Waals surface area contributed by atoms with Crippen LogP contribution >= 0.6 is 0 Å². The number of aryl methyl sites for hydroxylation is 1. The second-order valence-corrected chi connectivity index (χ2v) is 4.14. The quantitative estimate of drug-likeness (QED) is 0.632. The van der Waals surface area contributed by atoms with Crippen molar-refractivity contribution in [2.75, 3.05) is 5.73 Å². The summed E-state index contributed by atoms with van der Waals surface area (Å²) in [5.41, 5.74) is 9.79. The number of fused-ring (bicyclic) bond motifs is 1. The molecule has 0 radical (unpaired) electrons. The predicted octanol–water partition coefficient (Wildman–Crippen LogP) is 2.76. The van der Waals surface area contributed by atoms with E-state index >= 15 is 0 Å². The van der Waals surface area contributed by atoms with Crippen molar-refractivity contribution in [3.8, 4) is 0 Å². The van der Waals surface area contributed by atoms with Crippen molar-refractivity contribution in [1.82, 2.24) is 9.55 Å². The Morgan fingerprint density at radius 1 is 1.50 bits per heavy atom. The maximum absolute atomic E-state index is 5.93. The highest BCUT2D eigenvalue weighted by molar-refractivity contribution is 5.87. The molecular weight excluding hydrogens is 198 g/mol. The summed E-state index contributed by atoms with van der Waals surface area (Å²) in [6.45, 7) is 8.89. The fraction of sp³-hybridized carbons (Fsp3) is 0.308. The van der Waals surface area contributed by atoms with E-state index in [4.69, 9.17) is 5.73 Å². The van der Waals surface area contributed by atoms with Crippen LogP contribution in [0.4, 0.5) is 5.69 Å². The molecule has 1 aromatic heterocycles. The van der Waals surface area contributed by atoms with Crippen molar-refractivity contribution in [3.05, 3.63) is 36.2 Å². The van der Waals surface area contributed by atoms with Crippen molar-refractivity contribution >= 4 is 16.7 Å². The highest BCUT2D eigenvalue weighted by atomic mass is 15.1. The monoisotopic (exact) mass is 215 g/mol. The molecule has 0 bridgehead atoms. The highest BCUT2D eigenvalue weighted by Crippen LogP contribution is 2.22. The second-order valence-electron chi connectivity index (χ2n) is 4.14. The van der Waals surface area contributed by atoms with Gasteiger partial charge in [0.05, 0.1) is 11.2 Å². The molecular formula is C13H17N3. The molecule has 0 unspecified atom stereocenters. The third-order valence-corrected chi connectivity index (χ3v) is 2.63. The van der Waals surface area contributed by atoms with Crippen molar-refractivity contribution in [2.45, 2.75) is 26.8 Å². The van der Waals surface area contributed by atoms with Crippen molar-refractivity contribution < 1.29 is 0 Å². The SMILES string of the molecule is C=C(C)Cn1c(CC)nc2c(N)cccc21. The van der Waals surface area contributed by atoms with E-state index in [0.29, 0.717) is 0 Å². The normalized spacial score (nSPS) is 10.9. The summed E-state index contributed by atoms with van der Waals surface area (Å²) in [7, 11) is 0. The van der Waals surface area contributed by atoms with Gasteiger partial charge in [-0.1, -0.05) is 25.1 Å². The number of para-hydroxylation sites is 1. The van der Waals surface area contributed by atoms with Gasteiger partial charge < -0.3 is 10.3 Å². The molecule has 0 spiro atoms. The van der Waals surface area contributed by atoms with Crippen LogP contribution in [0.2, 0.25) is 0 Å². The van der Waals surface area contributed by atoms with Gasteiger partial charge >= 0.3 is 0 Å². The molecule has 0 aliphatic rings. The maximum atomic E-state index is 5.93. The van der Waals surface area contributed by atoms with E-state index in [1.165, 1.54) is 0 Å². The first-order valence-electron chi connectivity index (χ1n) is 5.51. The zero-order valence-electron chi connectivity index (χ0n) is 9.83. The van der Waals surface area contributed by atoms with Crippen LogP contribution in [0.1, 0.15) is 19.7 Å². The lowest BCUT2D eigenvalue weighted by atomic mass is 10.2. The Morgan fingerprint density at radius 3 is 2.88 bits per heavy atom. The maximum Gasteiger partial charge on any atom is 0.112 e. The Labute approximate surface area is 95.6 Å². The van der Waals surface area contributed by atoms with Crippen LogP contribution in [0.15, 0.2) is 30.4 Å². The molecule has 0 aliphatic carbocycles. The topological polar surface area (TPSA) is 43.8 Å². The average Bonchev–Trinajstić information content (AvgIpc) is 2.58. The van der Waals surface area contributed by atoms with Gasteiger partial charge in [-0.15, -0.1) is 0 Å². The molecule has 2 N–H and O–H groups in total. The molecule has 0 fully saturated rings. The van der Waals surface area contributed by atoms with Gasteiger partial charge in [-0.2, -0.15) is 0 Å². The first kappa shape index (κ1) is 10.7. The second kappa shape index (κ2) is 4.00. The van der Waals surface area contributed by atoms with E-state index in [1.807, 2.05) is 19.1 Å². The number of anilines is 1. The molecule has 0 amide bonds. The summed E-state index contributed by atoms with van der Waals surface area (Å²) >= 11 is 0.